The third-order valence-corrected chi connectivity index (χ3v) is 3.87. The monoisotopic (exact) mass is 297 g/mol. The maximum Gasteiger partial charge on any atom is 0.340 e. The van der Waals surface area contributed by atoms with Gasteiger partial charge < -0.3 is 20.7 Å². The van der Waals surface area contributed by atoms with Gasteiger partial charge in [-0.1, -0.05) is 11.6 Å². The summed E-state index contributed by atoms with van der Waals surface area (Å²) in [6.45, 7) is 2.93. The summed E-state index contributed by atoms with van der Waals surface area (Å²) in [5.74, 6) is 0.115. The summed E-state index contributed by atoms with van der Waals surface area (Å²) < 4.78 is 4.77. The zero-order valence-corrected chi connectivity index (χ0v) is 12.5. The van der Waals surface area contributed by atoms with Crippen LogP contribution in [-0.4, -0.2) is 44.7 Å². The van der Waals surface area contributed by atoms with Crippen LogP contribution in [0, 0.1) is 5.92 Å². The standard InChI is InChI=1S/C14H20ClN3O2/c1-18-4-3-9(8-18)7-17-13-11(14(19)20-2)5-10(16)6-12(13)15/h5-6,9,17H,3-4,7-8,16H2,1-2H3. The van der Waals surface area contributed by atoms with E-state index in [-0.39, 0.29) is 0 Å². The van der Waals surface area contributed by atoms with Gasteiger partial charge in [-0.3, -0.25) is 0 Å². The van der Waals surface area contributed by atoms with E-state index >= 15 is 0 Å². The minimum atomic E-state index is -0.440. The molecule has 1 aliphatic heterocycles. The van der Waals surface area contributed by atoms with Crippen LogP contribution < -0.4 is 11.1 Å². The van der Waals surface area contributed by atoms with E-state index in [2.05, 4.69) is 17.3 Å². The highest BCUT2D eigenvalue weighted by Crippen LogP contribution is 2.30. The van der Waals surface area contributed by atoms with Gasteiger partial charge in [-0.05, 0) is 38.1 Å². The van der Waals surface area contributed by atoms with Gasteiger partial charge in [-0.25, -0.2) is 4.79 Å². The SMILES string of the molecule is COC(=O)c1cc(N)cc(Cl)c1NCC1CCN(C)C1. The highest BCUT2D eigenvalue weighted by molar-refractivity contribution is 6.34. The minimum Gasteiger partial charge on any atom is -0.465 e. The number of hydrogen-bond donors (Lipinski definition) is 2. The van der Waals surface area contributed by atoms with Crippen LogP contribution >= 0.6 is 11.6 Å². The molecule has 0 aliphatic carbocycles. The van der Waals surface area contributed by atoms with Crippen molar-refractivity contribution in [2.75, 3.05) is 44.8 Å². The van der Waals surface area contributed by atoms with E-state index in [9.17, 15) is 4.79 Å². The number of ether oxygens (including phenoxy) is 1. The number of hydrogen-bond acceptors (Lipinski definition) is 5. The number of halogens is 1. The molecule has 0 bridgehead atoms. The molecule has 110 valence electrons. The second kappa shape index (κ2) is 6.33. The van der Waals surface area contributed by atoms with Crippen molar-refractivity contribution < 1.29 is 9.53 Å². The zero-order valence-electron chi connectivity index (χ0n) is 11.8. The van der Waals surface area contributed by atoms with E-state index in [1.54, 1.807) is 12.1 Å². The minimum absolute atomic E-state index is 0.379. The number of anilines is 2. The first-order chi connectivity index (χ1) is 9.51. The van der Waals surface area contributed by atoms with E-state index < -0.39 is 5.97 Å². The molecular weight excluding hydrogens is 278 g/mol. The Morgan fingerprint density at radius 1 is 1.60 bits per heavy atom. The molecule has 20 heavy (non-hydrogen) atoms. The summed E-state index contributed by atoms with van der Waals surface area (Å²) in [7, 11) is 3.45. The van der Waals surface area contributed by atoms with Crippen LogP contribution in [0.5, 0.6) is 0 Å². The Morgan fingerprint density at radius 3 is 2.95 bits per heavy atom. The van der Waals surface area contributed by atoms with Crippen molar-refractivity contribution in [2.45, 2.75) is 6.42 Å². The molecule has 1 aromatic rings. The molecule has 6 heteroatoms. The van der Waals surface area contributed by atoms with Gasteiger partial charge in [-0.2, -0.15) is 0 Å². The number of rotatable bonds is 4. The van der Waals surface area contributed by atoms with Crippen molar-refractivity contribution in [1.29, 1.82) is 0 Å². The summed E-state index contributed by atoms with van der Waals surface area (Å²) in [5, 5.41) is 3.71. The average Bonchev–Trinajstić information content (AvgIpc) is 2.81. The fourth-order valence-electron chi connectivity index (χ4n) is 2.52. The van der Waals surface area contributed by atoms with E-state index in [0.717, 1.165) is 26.1 Å². The lowest BCUT2D eigenvalue weighted by Gasteiger charge is -2.16. The second-order valence-corrected chi connectivity index (χ2v) is 5.62. The predicted molar refractivity (Wildman–Crippen MR) is 81.3 cm³/mol. The smallest absolute Gasteiger partial charge is 0.340 e. The second-order valence-electron chi connectivity index (χ2n) is 5.21. The Kier molecular flexibility index (Phi) is 4.73. The average molecular weight is 298 g/mol. The quantitative estimate of drug-likeness (QED) is 0.658. The van der Waals surface area contributed by atoms with Gasteiger partial charge in [0, 0.05) is 18.8 Å². The Labute approximate surface area is 124 Å². The number of likely N-dealkylation sites (tertiary alicyclic amines) is 1. The molecule has 5 nitrogen and oxygen atoms in total. The first-order valence-electron chi connectivity index (χ1n) is 6.61. The van der Waals surface area contributed by atoms with E-state index in [0.29, 0.717) is 27.9 Å². The highest BCUT2D eigenvalue weighted by Gasteiger charge is 2.21. The number of methoxy groups -OCH3 is 1. The van der Waals surface area contributed by atoms with Crippen LogP contribution in [0.15, 0.2) is 12.1 Å². The molecule has 1 atom stereocenters. The van der Waals surface area contributed by atoms with Crippen molar-refractivity contribution in [2.24, 2.45) is 5.92 Å². The van der Waals surface area contributed by atoms with Crippen molar-refractivity contribution in [3.05, 3.63) is 22.7 Å². The number of nitrogens with one attached hydrogen (secondary N) is 1. The van der Waals surface area contributed by atoms with Crippen molar-refractivity contribution in [3.8, 4) is 0 Å². The third kappa shape index (κ3) is 3.35. The Morgan fingerprint density at radius 2 is 2.35 bits per heavy atom. The molecule has 1 unspecified atom stereocenters. The van der Waals surface area contributed by atoms with Crippen LogP contribution in [0.1, 0.15) is 16.8 Å². The lowest BCUT2D eigenvalue weighted by atomic mass is 10.1. The number of carbonyl (C=O) groups is 1. The van der Waals surface area contributed by atoms with Gasteiger partial charge in [0.25, 0.3) is 0 Å². The first-order valence-corrected chi connectivity index (χ1v) is 6.98. The largest absolute Gasteiger partial charge is 0.465 e. The van der Waals surface area contributed by atoms with Crippen molar-refractivity contribution in [1.82, 2.24) is 4.90 Å². The molecule has 1 aliphatic rings. The molecule has 1 fully saturated rings. The van der Waals surface area contributed by atoms with Gasteiger partial charge >= 0.3 is 5.97 Å². The Hall–Kier alpha value is -1.46. The molecule has 0 spiro atoms. The molecule has 0 aromatic heterocycles. The Bertz CT molecular complexity index is 507. The first kappa shape index (κ1) is 14.9. The number of esters is 1. The van der Waals surface area contributed by atoms with Crippen LogP contribution in [0.3, 0.4) is 0 Å². The summed E-state index contributed by atoms with van der Waals surface area (Å²) >= 11 is 6.19. The molecule has 3 N–H and O–H groups in total. The number of nitrogen functional groups attached to an aromatic ring is 1. The molecular formula is C14H20ClN3O2. The highest BCUT2D eigenvalue weighted by atomic mass is 35.5. The molecule has 1 heterocycles. The predicted octanol–water partition coefficient (Wildman–Crippen LogP) is 2.07. The van der Waals surface area contributed by atoms with Crippen molar-refractivity contribution in [3.63, 3.8) is 0 Å². The molecule has 2 rings (SSSR count). The van der Waals surface area contributed by atoms with E-state index in [1.165, 1.54) is 7.11 Å². The molecule has 0 amide bonds. The number of nitrogens with two attached hydrogens (primary N) is 1. The summed E-state index contributed by atoms with van der Waals surface area (Å²) in [4.78, 5) is 14.1. The summed E-state index contributed by atoms with van der Waals surface area (Å²) in [6.07, 6.45) is 1.14. The van der Waals surface area contributed by atoms with Gasteiger partial charge in [0.15, 0.2) is 0 Å². The van der Waals surface area contributed by atoms with Crippen LogP contribution in [0.2, 0.25) is 5.02 Å². The normalized spacial score (nSPS) is 19.1. The molecule has 1 saturated heterocycles. The van der Waals surface area contributed by atoms with Gasteiger partial charge in [0.2, 0.25) is 0 Å². The molecule has 1 aromatic carbocycles. The Balaban J connectivity index is 2.15. The van der Waals surface area contributed by atoms with E-state index in [4.69, 9.17) is 22.1 Å². The number of nitrogens with zero attached hydrogens (tertiary/aromatic N) is 1. The van der Waals surface area contributed by atoms with Gasteiger partial charge in [0.05, 0.1) is 23.4 Å². The summed E-state index contributed by atoms with van der Waals surface area (Å²) in [6, 6.07) is 3.22. The topological polar surface area (TPSA) is 67.6 Å². The summed E-state index contributed by atoms with van der Waals surface area (Å²) in [5.41, 5.74) is 7.15. The van der Waals surface area contributed by atoms with Crippen LogP contribution in [-0.2, 0) is 4.74 Å². The van der Waals surface area contributed by atoms with Crippen molar-refractivity contribution >= 4 is 28.9 Å². The van der Waals surface area contributed by atoms with Gasteiger partial charge in [-0.15, -0.1) is 0 Å². The number of carbonyl (C=O) groups excluding carboxylic acids is 1. The number of benzene rings is 1. The maximum atomic E-state index is 11.8. The lowest BCUT2D eigenvalue weighted by molar-refractivity contribution is 0.0602. The van der Waals surface area contributed by atoms with Gasteiger partial charge in [0.1, 0.15) is 0 Å². The molecule has 0 radical (unpaired) electrons. The maximum absolute atomic E-state index is 11.8. The van der Waals surface area contributed by atoms with Crippen LogP contribution in [0.25, 0.3) is 0 Å². The third-order valence-electron chi connectivity index (χ3n) is 3.57. The molecule has 0 saturated carbocycles. The lowest BCUT2D eigenvalue weighted by Crippen LogP contribution is -2.20. The zero-order chi connectivity index (χ0) is 14.7. The fraction of sp³-hybridized carbons (Fsp3) is 0.500. The van der Waals surface area contributed by atoms with E-state index in [1.807, 2.05) is 0 Å². The van der Waals surface area contributed by atoms with Crippen LogP contribution in [0.4, 0.5) is 11.4 Å². The fourth-order valence-corrected chi connectivity index (χ4v) is 2.81.